The smallest absolute Gasteiger partial charge is 0.203 e. The molecule has 0 aromatic carbocycles. The Labute approximate surface area is 100 Å². The summed E-state index contributed by atoms with van der Waals surface area (Å²) < 4.78 is 5.16. The van der Waals surface area contributed by atoms with Crippen LogP contribution in [0.1, 0.15) is 25.7 Å². The minimum Gasteiger partial charge on any atom is -0.490 e. The van der Waals surface area contributed by atoms with Crippen LogP contribution in [0.15, 0.2) is 6.33 Å². The number of nitrogens with zero attached hydrogens (tertiary/aromatic N) is 2. The van der Waals surface area contributed by atoms with Crippen LogP contribution in [0.5, 0.6) is 5.75 Å². The number of hydrogen-bond acceptors (Lipinski definition) is 6. The number of aromatic nitrogens is 2. The van der Waals surface area contributed by atoms with Crippen molar-refractivity contribution in [2.24, 2.45) is 0 Å². The second-order valence-electron chi connectivity index (χ2n) is 4.24. The van der Waals surface area contributed by atoms with Gasteiger partial charge in [0.15, 0.2) is 11.6 Å². The summed E-state index contributed by atoms with van der Waals surface area (Å²) in [6.07, 6.45) is 4.97. The van der Waals surface area contributed by atoms with Crippen LogP contribution in [0.2, 0.25) is 0 Å². The van der Waals surface area contributed by atoms with Crippen molar-refractivity contribution in [3.8, 4) is 5.75 Å². The maximum Gasteiger partial charge on any atom is 0.203 e. The Morgan fingerprint density at radius 2 is 2.18 bits per heavy atom. The molecule has 2 atom stereocenters. The summed E-state index contributed by atoms with van der Waals surface area (Å²) in [5, 5.41) is 13.1. The average Bonchev–Trinajstić information content (AvgIpc) is 2.32. The first-order valence-corrected chi connectivity index (χ1v) is 5.81. The van der Waals surface area contributed by atoms with Gasteiger partial charge < -0.3 is 20.9 Å². The number of nitrogen functional groups attached to an aromatic ring is 1. The van der Waals surface area contributed by atoms with Gasteiger partial charge in [0.1, 0.15) is 6.33 Å². The van der Waals surface area contributed by atoms with Crippen molar-refractivity contribution in [3.63, 3.8) is 0 Å². The van der Waals surface area contributed by atoms with Gasteiger partial charge in [-0.05, 0) is 12.8 Å². The summed E-state index contributed by atoms with van der Waals surface area (Å²) >= 11 is 0. The van der Waals surface area contributed by atoms with Crippen molar-refractivity contribution >= 4 is 11.6 Å². The normalized spacial score (nSPS) is 24.4. The standard InChI is InChI=1S/C11H18N4O2/c1-17-9-10(12)13-6-14-11(9)15-7-4-2-3-5-8(7)16/h6-8,16H,2-5H2,1H3,(H3,12,13,14,15). The Balaban J connectivity index is 2.14. The number of hydrogen-bond donors (Lipinski definition) is 3. The van der Waals surface area contributed by atoms with Crippen LogP contribution in [-0.4, -0.2) is 34.3 Å². The molecule has 0 aliphatic heterocycles. The molecule has 1 heterocycles. The van der Waals surface area contributed by atoms with E-state index in [0.717, 1.165) is 25.7 Å². The Kier molecular flexibility index (Phi) is 3.63. The topological polar surface area (TPSA) is 93.3 Å². The molecule has 0 saturated heterocycles. The molecule has 0 radical (unpaired) electrons. The molecule has 2 rings (SSSR count). The molecule has 6 nitrogen and oxygen atoms in total. The van der Waals surface area contributed by atoms with Gasteiger partial charge in [0.05, 0.1) is 19.3 Å². The summed E-state index contributed by atoms with van der Waals surface area (Å²) in [6.45, 7) is 0. The highest BCUT2D eigenvalue weighted by Gasteiger charge is 2.24. The number of rotatable bonds is 3. The van der Waals surface area contributed by atoms with E-state index in [-0.39, 0.29) is 12.1 Å². The van der Waals surface area contributed by atoms with E-state index in [1.807, 2.05) is 0 Å². The first kappa shape index (κ1) is 11.9. The minimum atomic E-state index is -0.343. The van der Waals surface area contributed by atoms with Crippen molar-refractivity contribution in [2.45, 2.75) is 37.8 Å². The first-order valence-electron chi connectivity index (χ1n) is 5.81. The molecule has 0 spiro atoms. The molecule has 4 N–H and O–H groups in total. The fourth-order valence-corrected chi connectivity index (χ4v) is 2.15. The molecular weight excluding hydrogens is 220 g/mol. The van der Waals surface area contributed by atoms with Crippen molar-refractivity contribution in [2.75, 3.05) is 18.2 Å². The van der Waals surface area contributed by atoms with Gasteiger partial charge in [-0.2, -0.15) is 0 Å². The SMILES string of the molecule is COc1c(N)ncnc1NC1CCCCC1O. The summed E-state index contributed by atoms with van der Waals surface area (Å²) in [5.41, 5.74) is 5.69. The lowest BCUT2D eigenvalue weighted by atomic mass is 9.92. The van der Waals surface area contributed by atoms with Gasteiger partial charge in [0.2, 0.25) is 5.75 Å². The number of methoxy groups -OCH3 is 1. The van der Waals surface area contributed by atoms with Crippen molar-refractivity contribution in [3.05, 3.63) is 6.33 Å². The van der Waals surface area contributed by atoms with E-state index in [1.54, 1.807) is 0 Å². The maximum atomic E-state index is 9.89. The fourth-order valence-electron chi connectivity index (χ4n) is 2.15. The lowest BCUT2D eigenvalue weighted by Crippen LogP contribution is -2.36. The number of nitrogens with one attached hydrogen (secondary N) is 1. The van der Waals surface area contributed by atoms with Gasteiger partial charge in [-0.15, -0.1) is 0 Å². The molecule has 1 aromatic rings. The van der Waals surface area contributed by atoms with Crippen LogP contribution >= 0.6 is 0 Å². The molecule has 2 unspecified atom stereocenters. The summed E-state index contributed by atoms with van der Waals surface area (Å²) in [5.74, 6) is 1.28. The lowest BCUT2D eigenvalue weighted by Gasteiger charge is -2.29. The highest BCUT2D eigenvalue weighted by Crippen LogP contribution is 2.29. The molecule has 1 fully saturated rings. The predicted octanol–water partition coefficient (Wildman–Crippen LogP) is 0.783. The number of aliphatic hydroxyl groups excluding tert-OH is 1. The van der Waals surface area contributed by atoms with E-state index in [1.165, 1.54) is 13.4 Å². The van der Waals surface area contributed by atoms with Gasteiger partial charge in [0.25, 0.3) is 0 Å². The Morgan fingerprint density at radius 3 is 2.88 bits per heavy atom. The number of nitrogens with two attached hydrogens (primary N) is 1. The second-order valence-corrected chi connectivity index (χ2v) is 4.24. The zero-order valence-corrected chi connectivity index (χ0v) is 9.89. The summed E-state index contributed by atoms with van der Waals surface area (Å²) in [6, 6.07) is 0.00644. The lowest BCUT2D eigenvalue weighted by molar-refractivity contribution is 0.116. The Hall–Kier alpha value is -1.56. The largest absolute Gasteiger partial charge is 0.490 e. The quantitative estimate of drug-likeness (QED) is 0.720. The third-order valence-electron chi connectivity index (χ3n) is 3.09. The zero-order chi connectivity index (χ0) is 12.3. The molecule has 94 valence electrons. The monoisotopic (exact) mass is 238 g/mol. The Morgan fingerprint density at radius 1 is 1.41 bits per heavy atom. The van der Waals surface area contributed by atoms with Crippen LogP contribution in [-0.2, 0) is 0 Å². The number of aliphatic hydroxyl groups is 1. The van der Waals surface area contributed by atoms with Crippen LogP contribution in [0.3, 0.4) is 0 Å². The Bertz CT molecular complexity index is 386. The number of anilines is 2. The van der Waals surface area contributed by atoms with E-state index < -0.39 is 0 Å². The van der Waals surface area contributed by atoms with Gasteiger partial charge in [-0.25, -0.2) is 9.97 Å². The molecule has 1 aliphatic rings. The van der Waals surface area contributed by atoms with E-state index in [4.69, 9.17) is 10.5 Å². The molecule has 17 heavy (non-hydrogen) atoms. The molecule has 1 saturated carbocycles. The third-order valence-corrected chi connectivity index (χ3v) is 3.09. The molecule has 0 amide bonds. The van der Waals surface area contributed by atoms with Gasteiger partial charge in [0, 0.05) is 0 Å². The van der Waals surface area contributed by atoms with Crippen molar-refractivity contribution < 1.29 is 9.84 Å². The van der Waals surface area contributed by atoms with Crippen molar-refractivity contribution in [1.82, 2.24) is 9.97 Å². The first-order chi connectivity index (χ1) is 8.22. The predicted molar refractivity (Wildman–Crippen MR) is 64.9 cm³/mol. The van der Waals surface area contributed by atoms with Crippen LogP contribution < -0.4 is 15.8 Å². The summed E-state index contributed by atoms with van der Waals surface area (Å²) in [4.78, 5) is 7.96. The minimum absolute atomic E-state index is 0.00644. The fraction of sp³-hybridized carbons (Fsp3) is 0.636. The van der Waals surface area contributed by atoms with E-state index >= 15 is 0 Å². The van der Waals surface area contributed by atoms with Gasteiger partial charge in [-0.1, -0.05) is 12.8 Å². The average molecular weight is 238 g/mol. The third kappa shape index (κ3) is 2.58. The second kappa shape index (κ2) is 5.18. The van der Waals surface area contributed by atoms with E-state index in [9.17, 15) is 5.11 Å². The summed E-state index contributed by atoms with van der Waals surface area (Å²) in [7, 11) is 1.53. The van der Waals surface area contributed by atoms with E-state index in [0.29, 0.717) is 17.4 Å². The molecule has 1 aromatic heterocycles. The van der Waals surface area contributed by atoms with Gasteiger partial charge in [-0.3, -0.25) is 0 Å². The molecule has 6 heteroatoms. The van der Waals surface area contributed by atoms with Crippen LogP contribution in [0, 0.1) is 0 Å². The van der Waals surface area contributed by atoms with Crippen LogP contribution in [0.25, 0.3) is 0 Å². The molecule has 0 bridgehead atoms. The maximum absolute atomic E-state index is 9.89. The molecular formula is C11H18N4O2. The van der Waals surface area contributed by atoms with Crippen molar-refractivity contribution in [1.29, 1.82) is 0 Å². The van der Waals surface area contributed by atoms with Crippen LogP contribution in [0.4, 0.5) is 11.6 Å². The number of ether oxygens (including phenoxy) is 1. The van der Waals surface area contributed by atoms with E-state index in [2.05, 4.69) is 15.3 Å². The zero-order valence-electron chi connectivity index (χ0n) is 9.89. The highest BCUT2D eigenvalue weighted by atomic mass is 16.5. The van der Waals surface area contributed by atoms with Gasteiger partial charge >= 0.3 is 0 Å². The molecule has 1 aliphatic carbocycles. The highest BCUT2D eigenvalue weighted by molar-refractivity contribution is 5.61.